The maximum absolute atomic E-state index is 4.67. The van der Waals surface area contributed by atoms with Crippen molar-refractivity contribution in [2.45, 2.75) is 6.92 Å². The van der Waals surface area contributed by atoms with Crippen LogP contribution in [-0.2, 0) is 0 Å². The van der Waals surface area contributed by atoms with Crippen LogP contribution in [0.3, 0.4) is 0 Å². The Morgan fingerprint density at radius 1 is 1.11 bits per heavy atom. The monoisotopic (exact) mass is 237 g/mol. The van der Waals surface area contributed by atoms with E-state index in [1.807, 2.05) is 32.2 Å². The zero-order valence-electron chi connectivity index (χ0n) is 10.5. The van der Waals surface area contributed by atoms with E-state index in [2.05, 4.69) is 45.2 Å². The van der Waals surface area contributed by atoms with Crippen LogP contribution in [0.25, 0.3) is 16.9 Å². The van der Waals surface area contributed by atoms with E-state index in [1.165, 1.54) is 0 Å². The number of aromatic nitrogens is 2. The number of rotatable bonds is 2. The van der Waals surface area contributed by atoms with Crippen LogP contribution >= 0.6 is 0 Å². The zero-order chi connectivity index (χ0) is 12.5. The van der Waals surface area contributed by atoms with Crippen LogP contribution < -0.4 is 5.32 Å². The molecule has 0 radical (unpaired) electrons. The Balaban J connectivity index is 2.26. The summed E-state index contributed by atoms with van der Waals surface area (Å²) in [5, 5.41) is 3.15. The minimum atomic E-state index is 0.991. The average Bonchev–Trinajstić information content (AvgIpc) is 2.77. The Bertz CT molecular complexity index is 684. The maximum Gasteiger partial charge on any atom is 0.144 e. The molecule has 18 heavy (non-hydrogen) atoms. The first-order valence-corrected chi connectivity index (χ1v) is 6.01. The van der Waals surface area contributed by atoms with Gasteiger partial charge in [-0.3, -0.25) is 4.40 Å². The Morgan fingerprint density at radius 2 is 1.89 bits per heavy atom. The molecule has 3 heteroatoms. The molecule has 0 saturated heterocycles. The molecule has 1 N–H and O–H groups in total. The van der Waals surface area contributed by atoms with Crippen LogP contribution in [0.5, 0.6) is 0 Å². The van der Waals surface area contributed by atoms with Gasteiger partial charge in [-0.1, -0.05) is 30.3 Å². The lowest BCUT2D eigenvalue weighted by Crippen LogP contribution is -1.92. The van der Waals surface area contributed by atoms with Crippen molar-refractivity contribution in [2.75, 3.05) is 12.4 Å². The SMILES string of the molecule is CNc1ccn2c(-c3ccccc3)nc(C)c2c1. The minimum absolute atomic E-state index is 0.991. The predicted octanol–water partition coefficient (Wildman–Crippen LogP) is 3.35. The molecule has 1 aromatic carbocycles. The topological polar surface area (TPSA) is 29.3 Å². The molecule has 2 aromatic heterocycles. The largest absolute Gasteiger partial charge is 0.388 e. The lowest BCUT2D eigenvalue weighted by Gasteiger charge is -2.04. The molecule has 0 amide bonds. The van der Waals surface area contributed by atoms with Crippen molar-refractivity contribution < 1.29 is 0 Å². The third kappa shape index (κ3) is 1.64. The molecule has 0 aliphatic heterocycles. The molecule has 0 fully saturated rings. The minimum Gasteiger partial charge on any atom is -0.388 e. The van der Waals surface area contributed by atoms with Gasteiger partial charge in [0.1, 0.15) is 5.82 Å². The van der Waals surface area contributed by atoms with Gasteiger partial charge in [-0.2, -0.15) is 0 Å². The van der Waals surface area contributed by atoms with E-state index in [1.54, 1.807) is 0 Å². The second-order valence-corrected chi connectivity index (χ2v) is 4.31. The molecule has 0 aliphatic rings. The summed E-state index contributed by atoms with van der Waals surface area (Å²) in [7, 11) is 1.93. The summed E-state index contributed by atoms with van der Waals surface area (Å²) in [5.74, 6) is 0.991. The van der Waals surface area contributed by atoms with Gasteiger partial charge in [0.25, 0.3) is 0 Å². The molecule has 0 aliphatic carbocycles. The van der Waals surface area contributed by atoms with Gasteiger partial charge in [0.2, 0.25) is 0 Å². The van der Waals surface area contributed by atoms with Crippen LogP contribution in [0, 0.1) is 6.92 Å². The maximum atomic E-state index is 4.67. The molecule has 0 bridgehead atoms. The number of anilines is 1. The van der Waals surface area contributed by atoms with E-state index < -0.39 is 0 Å². The second-order valence-electron chi connectivity index (χ2n) is 4.31. The lowest BCUT2D eigenvalue weighted by molar-refractivity contribution is 1.16. The fourth-order valence-electron chi connectivity index (χ4n) is 2.18. The summed E-state index contributed by atoms with van der Waals surface area (Å²) in [6.45, 7) is 2.04. The van der Waals surface area contributed by atoms with Gasteiger partial charge in [0, 0.05) is 24.5 Å². The third-order valence-corrected chi connectivity index (χ3v) is 3.15. The highest BCUT2D eigenvalue weighted by Crippen LogP contribution is 2.24. The summed E-state index contributed by atoms with van der Waals surface area (Å²) in [6, 6.07) is 14.4. The molecule has 90 valence electrons. The number of hydrogen-bond donors (Lipinski definition) is 1. The quantitative estimate of drug-likeness (QED) is 0.740. The molecule has 3 nitrogen and oxygen atoms in total. The van der Waals surface area contributed by atoms with Gasteiger partial charge >= 0.3 is 0 Å². The number of nitrogens with one attached hydrogen (secondary N) is 1. The molecule has 0 unspecified atom stereocenters. The van der Waals surface area contributed by atoms with Crippen LogP contribution in [0.15, 0.2) is 48.7 Å². The fourth-order valence-corrected chi connectivity index (χ4v) is 2.18. The predicted molar refractivity (Wildman–Crippen MR) is 74.9 cm³/mol. The summed E-state index contributed by atoms with van der Waals surface area (Å²) >= 11 is 0. The van der Waals surface area contributed by atoms with Crippen molar-refractivity contribution >= 4 is 11.2 Å². The summed E-state index contributed by atoms with van der Waals surface area (Å²) in [4.78, 5) is 4.67. The molecule has 2 heterocycles. The van der Waals surface area contributed by atoms with E-state index in [-0.39, 0.29) is 0 Å². The third-order valence-electron chi connectivity index (χ3n) is 3.15. The normalized spacial score (nSPS) is 10.8. The number of nitrogens with zero attached hydrogens (tertiary/aromatic N) is 2. The van der Waals surface area contributed by atoms with Gasteiger partial charge in [0.05, 0.1) is 11.2 Å². The van der Waals surface area contributed by atoms with E-state index >= 15 is 0 Å². The fraction of sp³-hybridized carbons (Fsp3) is 0.133. The molecule has 0 saturated carbocycles. The Morgan fingerprint density at radius 3 is 2.61 bits per heavy atom. The number of benzene rings is 1. The van der Waals surface area contributed by atoms with Gasteiger partial charge in [-0.05, 0) is 19.1 Å². The van der Waals surface area contributed by atoms with Crippen molar-refractivity contribution in [2.24, 2.45) is 0 Å². The smallest absolute Gasteiger partial charge is 0.144 e. The highest BCUT2D eigenvalue weighted by Gasteiger charge is 2.09. The van der Waals surface area contributed by atoms with Crippen molar-refractivity contribution in [3.05, 3.63) is 54.4 Å². The van der Waals surface area contributed by atoms with Crippen LogP contribution in [0.4, 0.5) is 5.69 Å². The lowest BCUT2D eigenvalue weighted by atomic mass is 10.2. The van der Waals surface area contributed by atoms with Crippen molar-refractivity contribution in [1.82, 2.24) is 9.38 Å². The standard InChI is InChI=1S/C15H15N3/c1-11-14-10-13(16-2)8-9-18(14)15(17-11)12-6-4-3-5-7-12/h3-10,16H,1-2H3. The summed E-state index contributed by atoms with van der Waals surface area (Å²) in [5.41, 5.74) is 4.43. The van der Waals surface area contributed by atoms with Crippen LogP contribution in [0.1, 0.15) is 5.69 Å². The van der Waals surface area contributed by atoms with E-state index in [4.69, 9.17) is 0 Å². The van der Waals surface area contributed by atoms with Crippen molar-refractivity contribution in [3.63, 3.8) is 0 Å². The first-order valence-electron chi connectivity index (χ1n) is 6.01. The highest BCUT2D eigenvalue weighted by molar-refractivity contribution is 5.68. The first-order chi connectivity index (χ1) is 8.79. The van der Waals surface area contributed by atoms with Crippen LogP contribution in [0.2, 0.25) is 0 Å². The van der Waals surface area contributed by atoms with Crippen molar-refractivity contribution in [3.8, 4) is 11.4 Å². The van der Waals surface area contributed by atoms with Gasteiger partial charge < -0.3 is 5.32 Å². The number of fused-ring (bicyclic) bond motifs is 1. The molecule has 3 aromatic rings. The number of hydrogen-bond acceptors (Lipinski definition) is 2. The molecule has 0 atom stereocenters. The Kier molecular flexibility index (Phi) is 2.52. The molecule has 3 rings (SSSR count). The van der Waals surface area contributed by atoms with Gasteiger partial charge in [-0.15, -0.1) is 0 Å². The number of aryl methyl sites for hydroxylation is 1. The summed E-state index contributed by atoms with van der Waals surface area (Å²) < 4.78 is 2.13. The van der Waals surface area contributed by atoms with E-state index in [0.29, 0.717) is 0 Å². The van der Waals surface area contributed by atoms with Gasteiger partial charge in [0.15, 0.2) is 0 Å². The second kappa shape index (κ2) is 4.18. The Labute approximate surface area is 106 Å². The zero-order valence-corrected chi connectivity index (χ0v) is 10.5. The van der Waals surface area contributed by atoms with Crippen molar-refractivity contribution in [1.29, 1.82) is 0 Å². The number of pyridine rings is 1. The first kappa shape index (κ1) is 10.8. The molecular weight excluding hydrogens is 222 g/mol. The van der Waals surface area contributed by atoms with E-state index in [9.17, 15) is 0 Å². The van der Waals surface area contributed by atoms with E-state index in [0.717, 1.165) is 28.3 Å². The highest BCUT2D eigenvalue weighted by atomic mass is 15.0. The average molecular weight is 237 g/mol. The van der Waals surface area contributed by atoms with Crippen LogP contribution in [-0.4, -0.2) is 16.4 Å². The molecule has 0 spiro atoms. The number of imidazole rings is 1. The summed E-state index contributed by atoms with van der Waals surface area (Å²) in [6.07, 6.45) is 2.06. The molecular formula is C15H15N3. The Hall–Kier alpha value is -2.29. The van der Waals surface area contributed by atoms with Gasteiger partial charge in [-0.25, -0.2) is 4.98 Å².